The molecule has 6 nitrogen and oxygen atoms in total. The number of hydrogen-bond donors (Lipinski definition) is 1. The van der Waals surface area contributed by atoms with Gasteiger partial charge in [-0.3, -0.25) is 4.68 Å². The summed E-state index contributed by atoms with van der Waals surface area (Å²) in [7, 11) is -1.86. The van der Waals surface area contributed by atoms with Crippen LogP contribution in [0.5, 0.6) is 0 Å². The van der Waals surface area contributed by atoms with E-state index in [2.05, 4.69) is 5.10 Å². The molecule has 0 atom stereocenters. The lowest BCUT2D eigenvalue weighted by molar-refractivity contribution is 0.374. The van der Waals surface area contributed by atoms with Gasteiger partial charge in [0.05, 0.1) is 16.4 Å². The van der Waals surface area contributed by atoms with E-state index in [-0.39, 0.29) is 10.8 Å². The molecule has 0 saturated carbocycles. The van der Waals surface area contributed by atoms with Crippen LogP contribution in [0.25, 0.3) is 0 Å². The van der Waals surface area contributed by atoms with E-state index < -0.39 is 10.0 Å². The predicted molar refractivity (Wildman–Crippen MR) is 87.7 cm³/mol. The summed E-state index contributed by atoms with van der Waals surface area (Å²) in [6.45, 7) is 8.15. The molecule has 0 aliphatic carbocycles. The fraction of sp³-hybridized carbons (Fsp3) is 0.692. The van der Waals surface area contributed by atoms with Crippen LogP contribution in [0.2, 0.25) is 0 Å². The highest BCUT2D eigenvalue weighted by molar-refractivity contribution is 7.89. The van der Waals surface area contributed by atoms with Crippen molar-refractivity contribution in [1.29, 1.82) is 0 Å². The second-order valence-corrected chi connectivity index (χ2v) is 8.00. The summed E-state index contributed by atoms with van der Waals surface area (Å²) in [5.74, 6) is 0.211. The number of thiocarbonyl (C=S) groups is 1. The molecule has 0 unspecified atom stereocenters. The summed E-state index contributed by atoms with van der Waals surface area (Å²) in [5.41, 5.74) is 6.66. The zero-order valence-corrected chi connectivity index (χ0v) is 14.9. The smallest absolute Gasteiger partial charge is 0.246 e. The fourth-order valence-electron chi connectivity index (χ4n) is 2.21. The van der Waals surface area contributed by atoms with Gasteiger partial charge in [-0.25, -0.2) is 8.42 Å². The molecule has 1 aromatic rings. The number of rotatable bonds is 7. The van der Waals surface area contributed by atoms with E-state index in [1.54, 1.807) is 25.6 Å². The highest BCUT2D eigenvalue weighted by atomic mass is 32.2. The van der Waals surface area contributed by atoms with Crippen molar-refractivity contribution in [1.82, 2.24) is 14.1 Å². The Morgan fingerprint density at radius 1 is 1.43 bits per heavy atom. The van der Waals surface area contributed by atoms with Gasteiger partial charge in [0.1, 0.15) is 4.90 Å². The SMILES string of the molecule is Cc1nn(C)c(C)c1S(=O)(=O)N(CCC(N)=S)CC(C)C. The lowest BCUT2D eigenvalue weighted by Gasteiger charge is -2.24. The summed E-state index contributed by atoms with van der Waals surface area (Å²) in [5, 5.41) is 4.19. The van der Waals surface area contributed by atoms with E-state index in [1.165, 1.54) is 4.31 Å². The number of aryl methyl sites for hydroxylation is 2. The second-order valence-electron chi connectivity index (χ2n) is 5.60. The third-order valence-corrected chi connectivity index (χ3v) is 5.54. The van der Waals surface area contributed by atoms with Gasteiger partial charge in [-0.15, -0.1) is 0 Å². The third kappa shape index (κ3) is 4.24. The fourth-order valence-corrected chi connectivity index (χ4v) is 4.30. The minimum absolute atomic E-state index is 0.211. The molecule has 1 rings (SSSR count). The molecule has 0 spiro atoms. The first-order valence-corrected chi connectivity index (χ1v) is 8.70. The van der Waals surface area contributed by atoms with Gasteiger partial charge in [-0.1, -0.05) is 26.1 Å². The van der Waals surface area contributed by atoms with Crippen molar-refractivity contribution in [2.24, 2.45) is 18.7 Å². The minimum Gasteiger partial charge on any atom is -0.393 e. The largest absolute Gasteiger partial charge is 0.393 e. The highest BCUT2D eigenvalue weighted by Gasteiger charge is 2.30. The third-order valence-electron chi connectivity index (χ3n) is 3.22. The van der Waals surface area contributed by atoms with Crippen molar-refractivity contribution in [2.45, 2.75) is 39.0 Å². The summed E-state index contributed by atoms with van der Waals surface area (Å²) >= 11 is 4.86. The van der Waals surface area contributed by atoms with Crippen molar-refractivity contribution in [2.75, 3.05) is 13.1 Å². The summed E-state index contributed by atoms with van der Waals surface area (Å²) < 4.78 is 28.9. The van der Waals surface area contributed by atoms with Crippen LogP contribution < -0.4 is 5.73 Å². The first kappa shape index (κ1) is 18.1. The molecule has 0 aromatic carbocycles. The molecule has 8 heteroatoms. The number of sulfonamides is 1. The van der Waals surface area contributed by atoms with Crippen molar-refractivity contribution in [3.05, 3.63) is 11.4 Å². The number of hydrogen-bond acceptors (Lipinski definition) is 4. The van der Waals surface area contributed by atoms with Gasteiger partial charge in [0.15, 0.2) is 0 Å². The first-order chi connectivity index (χ1) is 9.57. The Morgan fingerprint density at radius 3 is 2.38 bits per heavy atom. The van der Waals surface area contributed by atoms with Gasteiger partial charge >= 0.3 is 0 Å². The first-order valence-electron chi connectivity index (χ1n) is 6.86. The quantitative estimate of drug-likeness (QED) is 0.763. The minimum atomic E-state index is -3.60. The van der Waals surface area contributed by atoms with E-state index in [4.69, 9.17) is 18.0 Å². The Balaban J connectivity index is 3.22. The average molecular weight is 332 g/mol. The number of aromatic nitrogens is 2. The number of nitrogens with two attached hydrogens (primary N) is 1. The Hall–Kier alpha value is -0.990. The van der Waals surface area contributed by atoms with Crippen LogP contribution in [0.15, 0.2) is 4.90 Å². The monoisotopic (exact) mass is 332 g/mol. The van der Waals surface area contributed by atoms with E-state index >= 15 is 0 Å². The van der Waals surface area contributed by atoms with Gasteiger partial charge in [-0.05, 0) is 19.8 Å². The summed E-state index contributed by atoms with van der Waals surface area (Å²) in [4.78, 5) is 0.604. The molecule has 1 aromatic heterocycles. The van der Waals surface area contributed by atoms with Gasteiger partial charge in [0.2, 0.25) is 10.0 Å². The standard InChI is InChI=1S/C13H24N4O2S2/c1-9(2)8-17(7-6-12(14)20)21(18,19)13-10(3)15-16(5)11(13)4/h9H,6-8H2,1-5H3,(H2,14,20). The molecule has 0 saturated heterocycles. The van der Waals surface area contributed by atoms with Crippen LogP contribution in [-0.2, 0) is 17.1 Å². The van der Waals surface area contributed by atoms with Crippen LogP contribution in [0.3, 0.4) is 0 Å². The van der Waals surface area contributed by atoms with Crippen LogP contribution in [-0.4, -0.2) is 40.6 Å². The predicted octanol–water partition coefficient (Wildman–Crippen LogP) is 1.36. The maximum atomic E-state index is 12.9. The lowest BCUT2D eigenvalue weighted by atomic mass is 10.2. The molecule has 0 fully saturated rings. The topological polar surface area (TPSA) is 81.2 Å². The van der Waals surface area contributed by atoms with Gasteiger partial charge < -0.3 is 5.73 Å². The van der Waals surface area contributed by atoms with Crippen LogP contribution in [0.4, 0.5) is 0 Å². The molecule has 1 heterocycles. The molecule has 120 valence electrons. The Morgan fingerprint density at radius 2 is 2.00 bits per heavy atom. The van der Waals surface area contributed by atoms with E-state index in [1.807, 2.05) is 13.8 Å². The number of nitrogens with zero attached hydrogens (tertiary/aromatic N) is 3. The zero-order valence-electron chi connectivity index (χ0n) is 13.3. The van der Waals surface area contributed by atoms with Gasteiger partial charge in [0, 0.05) is 26.6 Å². The second kappa shape index (κ2) is 6.85. The Bertz CT molecular complexity index is 620. The molecule has 0 amide bonds. The van der Waals surface area contributed by atoms with E-state index in [0.717, 1.165) is 0 Å². The van der Waals surface area contributed by atoms with Crippen LogP contribution >= 0.6 is 12.2 Å². The summed E-state index contributed by atoms with van der Waals surface area (Å²) in [6, 6.07) is 0. The average Bonchev–Trinajstić information content (AvgIpc) is 2.58. The molecule has 0 bridgehead atoms. The highest BCUT2D eigenvalue weighted by Crippen LogP contribution is 2.24. The normalized spacial score (nSPS) is 12.3. The maximum absolute atomic E-state index is 12.9. The van der Waals surface area contributed by atoms with E-state index in [9.17, 15) is 8.42 Å². The van der Waals surface area contributed by atoms with Gasteiger partial charge in [0.25, 0.3) is 0 Å². The van der Waals surface area contributed by atoms with Crippen molar-refractivity contribution >= 4 is 27.2 Å². The molecular formula is C13H24N4O2S2. The molecule has 0 aliphatic heterocycles. The molecule has 0 radical (unpaired) electrons. The molecular weight excluding hydrogens is 308 g/mol. The lowest BCUT2D eigenvalue weighted by Crippen LogP contribution is -2.37. The van der Waals surface area contributed by atoms with Gasteiger partial charge in [-0.2, -0.15) is 9.40 Å². The van der Waals surface area contributed by atoms with Crippen LogP contribution in [0, 0.1) is 19.8 Å². The van der Waals surface area contributed by atoms with E-state index in [0.29, 0.717) is 35.9 Å². The molecule has 2 N–H and O–H groups in total. The Labute approximate surface area is 132 Å². The van der Waals surface area contributed by atoms with Crippen molar-refractivity contribution < 1.29 is 8.42 Å². The Kier molecular flexibility index (Phi) is 5.89. The maximum Gasteiger partial charge on any atom is 0.246 e. The summed E-state index contributed by atoms with van der Waals surface area (Å²) in [6.07, 6.45) is 0.375. The van der Waals surface area contributed by atoms with Crippen molar-refractivity contribution in [3.63, 3.8) is 0 Å². The van der Waals surface area contributed by atoms with Crippen molar-refractivity contribution in [3.8, 4) is 0 Å². The zero-order chi connectivity index (χ0) is 16.4. The molecule has 21 heavy (non-hydrogen) atoms. The van der Waals surface area contributed by atoms with Crippen LogP contribution in [0.1, 0.15) is 31.7 Å². The molecule has 0 aliphatic rings.